The molecular formula is C19H20BrN5O. The van der Waals surface area contributed by atoms with Crippen LogP contribution in [-0.2, 0) is 6.42 Å². The summed E-state index contributed by atoms with van der Waals surface area (Å²) in [6, 6.07) is 9.24. The molecule has 3 heterocycles. The molecule has 0 bridgehead atoms. The number of amides is 1. The minimum Gasteiger partial charge on any atom is -0.340 e. The van der Waals surface area contributed by atoms with E-state index in [9.17, 15) is 4.79 Å². The molecule has 1 aromatic carbocycles. The van der Waals surface area contributed by atoms with Gasteiger partial charge in [-0.05, 0) is 50.2 Å². The van der Waals surface area contributed by atoms with Crippen LogP contribution in [0.4, 0.5) is 5.69 Å². The van der Waals surface area contributed by atoms with Gasteiger partial charge in [0.25, 0.3) is 5.91 Å². The fourth-order valence-electron chi connectivity index (χ4n) is 3.30. The number of H-pyrrole nitrogens is 1. The zero-order chi connectivity index (χ0) is 17.9. The Bertz CT molecular complexity index is 933. The first-order valence-electron chi connectivity index (χ1n) is 8.82. The predicted molar refractivity (Wildman–Crippen MR) is 105 cm³/mol. The molecule has 0 saturated carbocycles. The zero-order valence-electron chi connectivity index (χ0n) is 14.3. The normalized spacial score (nSPS) is 14.8. The van der Waals surface area contributed by atoms with E-state index in [0.29, 0.717) is 16.7 Å². The van der Waals surface area contributed by atoms with Crippen molar-refractivity contribution in [1.82, 2.24) is 19.9 Å². The molecular weight excluding hydrogens is 394 g/mol. The van der Waals surface area contributed by atoms with Crippen LogP contribution in [0.2, 0.25) is 0 Å². The highest BCUT2D eigenvalue weighted by Crippen LogP contribution is 2.19. The zero-order valence-corrected chi connectivity index (χ0v) is 15.9. The molecule has 1 saturated heterocycles. The topological polar surface area (TPSA) is 73.9 Å². The first-order valence-corrected chi connectivity index (χ1v) is 9.61. The molecule has 2 N–H and O–H groups in total. The largest absolute Gasteiger partial charge is 0.340 e. The third-order valence-corrected chi connectivity index (χ3v) is 5.12. The molecule has 0 spiro atoms. The minimum absolute atomic E-state index is 0.176. The van der Waals surface area contributed by atoms with Crippen molar-refractivity contribution in [2.75, 3.05) is 25.0 Å². The predicted octanol–water partition coefficient (Wildman–Crippen LogP) is 3.61. The van der Waals surface area contributed by atoms with E-state index in [-0.39, 0.29) is 5.91 Å². The van der Waals surface area contributed by atoms with E-state index in [4.69, 9.17) is 0 Å². The number of rotatable bonds is 5. The van der Waals surface area contributed by atoms with E-state index >= 15 is 0 Å². The maximum Gasteiger partial charge on any atom is 0.257 e. The number of aromatic nitrogens is 3. The SMILES string of the molecule is O=C(Nc1cccc(Br)c1)c1ccnc2nc(CCN3CCCC3)[nH]c12. The number of hydrogen-bond acceptors (Lipinski definition) is 4. The molecule has 1 amide bonds. The van der Waals surface area contributed by atoms with Crippen LogP contribution in [0.5, 0.6) is 0 Å². The van der Waals surface area contributed by atoms with Crippen molar-refractivity contribution >= 4 is 38.7 Å². The first kappa shape index (κ1) is 17.2. The van der Waals surface area contributed by atoms with Crippen molar-refractivity contribution in [3.8, 4) is 0 Å². The van der Waals surface area contributed by atoms with Crippen molar-refractivity contribution < 1.29 is 4.79 Å². The number of aromatic amines is 1. The van der Waals surface area contributed by atoms with Gasteiger partial charge in [0.2, 0.25) is 0 Å². The molecule has 7 heteroatoms. The third-order valence-electron chi connectivity index (χ3n) is 4.63. The monoisotopic (exact) mass is 413 g/mol. The maximum atomic E-state index is 12.7. The molecule has 1 aliphatic rings. The summed E-state index contributed by atoms with van der Waals surface area (Å²) in [5.41, 5.74) is 2.57. The highest BCUT2D eigenvalue weighted by Gasteiger charge is 2.16. The van der Waals surface area contributed by atoms with Crippen molar-refractivity contribution in [3.05, 3.63) is 52.4 Å². The summed E-state index contributed by atoms with van der Waals surface area (Å²) in [5.74, 6) is 0.701. The number of likely N-dealkylation sites (tertiary alicyclic amines) is 1. The number of fused-ring (bicyclic) bond motifs is 1. The van der Waals surface area contributed by atoms with Gasteiger partial charge < -0.3 is 15.2 Å². The fourth-order valence-corrected chi connectivity index (χ4v) is 3.70. The number of hydrogen-bond donors (Lipinski definition) is 2. The Hall–Kier alpha value is -2.25. The van der Waals surface area contributed by atoms with Gasteiger partial charge in [-0.25, -0.2) is 9.97 Å². The molecule has 3 aromatic rings. The molecule has 2 aromatic heterocycles. The fraction of sp³-hybridized carbons (Fsp3) is 0.316. The maximum absolute atomic E-state index is 12.7. The van der Waals surface area contributed by atoms with Crippen molar-refractivity contribution in [3.63, 3.8) is 0 Å². The Morgan fingerprint density at radius 3 is 2.92 bits per heavy atom. The van der Waals surface area contributed by atoms with Gasteiger partial charge in [-0.3, -0.25) is 4.79 Å². The van der Waals surface area contributed by atoms with Gasteiger partial charge in [0.15, 0.2) is 5.65 Å². The van der Waals surface area contributed by atoms with Crippen LogP contribution in [0.1, 0.15) is 29.0 Å². The van der Waals surface area contributed by atoms with Gasteiger partial charge in [0, 0.05) is 29.3 Å². The molecule has 0 radical (unpaired) electrons. The molecule has 26 heavy (non-hydrogen) atoms. The van der Waals surface area contributed by atoms with Crippen LogP contribution in [0.25, 0.3) is 11.2 Å². The van der Waals surface area contributed by atoms with Crippen LogP contribution in [0, 0.1) is 0 Å². The second-order valence-corrected chi connectivity index (χ2v) is 7.42. The molecule has 6 nitrogen and oxygen atoms in total. The van der Waals surface area contributed by atoms with E-state index in [0.717, 1.165) is 29.0 Å². The lowest BCUT2D eigenvalue weighted by Gasteiger charge is -2.12. The van der Waals surface area contributed by atoms with Crippen molar-refractivity contribution in [2.45, 2.75) is 19.3 Å². The third kappa shape index (κ3) is 3.78. The van der Waals surface area contributed by atoms with Gasteiger partial charge in [-0.2, -0.15) is 0 Å². The van der Waals surface area contributed by atoms with Crippen molar-refractivity contribution in [2.24, 2.45) is 0 Å². The van der Waals surface area contributed by atoms with Crippen LogP contribution in [0.3, 0.4) is 0 Å². The second-order valence-electron chi connectivity index (χ2n) is 6.50. The Morgan fingerprint density at radius 1 is 1.27 bits per heavy atom. The summed E-state index contributed by atoms with van der Waals surface area (Å²) >= 11 is 3.42. The van der Waals surface area contributed by atoms with Crippen LogP contribution < -0.4 is 5.32 Å². The average molecular weight is 414 g/mol. The highest BCUT2D eigenvalue weighted by molar-refractivity contribution is 9.10. The Balaban J connectivity index is 1.53. The summed E-state index contributed by atoms with van der Waals surface area (Å²) in [6.07, 6.45) is 5.02. The molecule has 0 aliphatic carbocycles. The van der Waals surface area contributed by atoms with Gasteiger partial charge in [0.05, 0.1) is 11.1 Å². The molecule has 1 aliphatic heterocycles. The molecule has 4 rings (SSSR count). The smallest absolute Gasteiger partial charge is 0.257 e. The van der Waals surface area contributed by atoms with E-state index in [1.54, 1.807) is 12.3 Å². The average Bonchev–Trinajstić information content (AvgIpc) is 3.28. The summed E-state index contributed by atoms with van der Waals surface area (Å²) in [4.78, 5) is 27.3. The Kier molecular flexibility index (Phi) is 4.99. The Labute approximate surface area is 160 Å². The van der Waals surface area contributed by atoms with Gasteiger partial charge >= 0.3 is 0 Å². The number of pyridine rings is 1. The van der Waals surface area contributed by atoms with Crippen LogP contribution in [-0.4, -0.2) is 45.4 Å². The van der Waals surface area contributed by atoms with Gasteiger partial charge in [0.1, 0.15) is 5.82 Å². The number of nitrogens with one attached hydrogen (secondary N) is 2. The molecule has 134 valence electrons. The lowest BCUT2D eigenvalue weighted by molar-refractivity contribution is 0.102. The minimum atomic E-state index is -0.176. The number of imidazole rings is 1. The highest BCUT2D eigenvalue weighted by atomic mass is 79.9. The number of anilines is 1. The molecule has 1 fully saturated rings. The quantitative estimate of drug-likeness (QED) is 0.669. The lowest BCUT2D eigenvalue weighted by Crippen LogP contribution is -2.22. The molecule has 0 unspecified atom stereocenters. The number of halogens is 1. The number of nitrogens with zero attached hydrogens (tertiary/aromatic N) is 3. The van der Waals surface area contributed by atoms with E-state index in [2.05, 4.69) is 41.1 Å². The Morgan fingerprint density at radius 2 is 2.12 bits per heavy atom. The summed E-state index contributed by atoms with van der Waals surface area (Å²) in [6.45, 7) is 3.32. The first-order chi connectivity index (χ1) is 12.7. The number of benzene rings is 1. The summed E-state index contributed by atoms with van der Waals surface area (Å²) in [5, 5.41) is 2.92. The molecule has 0 atom stereocenters. The van der Waals surface area contributed by atoms with Crippen molar-refractivity contribution in [1.29, 1.82) is 0 Å². The lowest BCUT2D eigenvalue weighted by atomic mass is 10.2. The standard InChI is InChI=1S/C19H20BrN5O/c20-13-4-3-5-14(12-13)22-19(26)15-6-8-21-18-17(15)23-16(24-18)7-11-25-9-1-2-10-25/h3-6,8,12H,1-2,7,9-11H2,(H,22,26)(H,21,23,24). The second kappa shape index (κ2) is 7.55. The van der Waals surface area contributed by atoms with Gasteiger partial charge in [-0.15, -0.1) is 0 Å². The number of carbonyl (C=O) groups excluding carboxylic acids is 1. The summed E-state index contributed by atoms with van der Waals surface area (Å²) in [7, 11) is 0. The van der Waals surface area contributed by atoms with Crippen LogP contribution >= 0.6 is 15.9 Å². The van der Waals surface area contributed by atoms with Crippen LogP contribution in [0.15, 0.2) is 41.0 Å². The summed E-state index contributed by atoms with van der Waals surface area (Å²) < 4.78 is 0.918. The van der Waals surface area contributed by atoms with E-state index in [1.165, 1.54) is 25.9 Å². The van der Waals surface area contributed by atoms with Gasteiger partial charge in [-0.1, -0.05) is 22.0 Å². The number of carbonyl (C=O) groups is 1. The van der Waals surface area contributed by atoms with E-state index < -0.39 is 0 Å². The van der Waals surface area contributed by atoms with E-state index in [1.807, 2.05) is 24.3 Å².